The summed E-state index contributed by atoms with van der Waals surface area (Å²) in [5.41, 5.74) is 2.78. The quantitative estimate of drug-likeness (QED) is 0.487. The van der Waals surface area contributed by atoms with E-state index < -0.39 is 5.92 Å². The molecule has 9 heteroatoms. The summed E-state index contributed by atoms with van der Waals surface area (Å²) < 4.78 is 0. The van der Waals surface area contributed by atoms with E-state index in [1.54, 1.807) is 6.20 Å². The fourth-order valence-corrected chi connectivity index (χ4v) is 4.21. The SMILES string of the molecule is N#Cc1cnc(C2=CC(c3cccc4[nH]ncc34)C(=N)c3c2nc[nH]c3=O)s1. The molecule has 4 aromatic rings. The Bertz CT molecular complexity index is 1390. The molecule has 0 saturated carbocycles. The molecule has 8 nitrogen and oxygen atoms in total. The summed E-state index contributed by atoms with van der Waals surface area (Å²) in [6.45, 7) is 0. The van der Waals surface area contributed by atoms with Gasteiger partial charge in [-0.15, -0.1) is 11.3 Å². The molecule has 1 aromatic carbocycles. The van der Waals surface area contributed by atoms with E-state index in [1.807, 2.05) is 24.3 Å². The fourth-order valence-electron chi connectivity index (χ4n) is 3.47. The topological polar surface area (TPSA) is 135 Å². The molecule has 1 aliphatic rings. The molecule has 0 spiro atoms. The van der Waals surface area contributed by atoms with Gasteiger partial charge in [0.1, 0.15) is 16.0 Å². The Kier molecular flexibility index (Phi) is 3.53. The number of nitrogens with one attached hydrogen (secondary N) is 3. The van der Waals surface area contributed by atoms with Gasteiger partial charge in [0.05, 0.1) is 41.2 Å². The summed E-state index contributed by atoms with van der Waals surface area (Å²) in [5, 5.41) is 26.4. The average Bonchev–Trinajstić information content (AvgIpc) is 3.37. The molecule has 0 bridgehead atoms. The van der Waals surface area contributed by atoms with Crippen molar-refractivity contribution in [1.82, 2.24) is 25.1 Å². The second-order valence-electron chi connectivity index (χ2n) is 6.25. The van der Waals surface area contributed by atoms with E-state index in [-0.39, 0.29) is 16.8 Å². The lowest BCUT2D eigenvalue weighted by Crippen LogP contribution is -2.28. The zero-order chi connectivity index (χ0) is 19.3. The fraction of sp³-hybridized carbons (Fsp3) is 0.0526. The lowest BCUT2D eigenvalue weighted by molar-refractivity contribution is 1.03. The minimum atomic E-state index is -0.469. The molecule has 0 fully saturated rings. The molecule has 3 N–H and O–H groups in total. The van der Waals surface area contributed by atoms with Crippen LogP contribution >= 0.6 is 11.3 Å². The smallest absolute Gasteiger partial charge is 0.260 e. The number of benzene rings is 1. The molecule has 0 amide bonds. The van der Waals surface area contributed by atoms with Gasteiger partial charge in [-0.2, -0.15) is 10.4 Å². The van der Waals surface area contributed by atoms with E-state index in [0.29, 0.717) is 21.2 Å². The van der Waals surface area contributed by atoms with Crippen LogP contribution in [-0.4, -0.2) is 30.9 Å². The molecular formula is C19H11N7OS. The van der Waals surface area contributed by atoms with Crippen molar-refractivity contribution in [2.75, 3.05) is 0 Å². The van der Waals surface area contributed by atoms with Crippen molar-refractivity contribution in [3.05, 3.63) is 80.1 Å². The third kappa shape index (κ3) is 2.32. The van der Waals surface area contributed by atoms with E-state index in [2.05, 4.69) is 31.2 Å². The molecule has 0 radical (unpaired) electrons. The first-order valence-electron chi connectivity index (χ1n) is 8.34. The van der Waals surface area contributed by atoms with Gasteiger partial charge in [-0.05, 0) is 11.6 Å². The third-order valence-corrected chi connectivity index (χ3v) is 5.66. The number of H-pyrrole nitrogens is 2. The summed E-state index contributed by atoms with van der Waals surface area (Å²) in [5.74, 6) is -0.469. The van der Waals surface area contributed by atoms with E-state index >= 15 is 0 Å². The zero-order valence-electron chi connectivity index (χ0n) is 14.2. The lowest BCUT2D eigenvalue weighted by Gasteiger charge is -2.23. The number of rotatable bonds is 2. The maximum absolute atomic E-state index is 12.6. The van der Waals surface area contributed by atoms with Crippen LogP contribution in [-0.2, 0) is 0 Å². The molecule has 134 valence electrons. The van der Waals surface area contributed by atoms with Crippen LogP contribution in [0.5, 0.6) is 0 Å². The van der Waals surface area contributed by atoms with E-state index in [1.165, 1.54) is 23.9 Å². The molecule has 0 saturated heterocycles. The number of nitriles is 1. The van der Waals surface area contributed by atoms with Gasteiger partial charge in [-0.3, -0.25) is 9.89 Å². The highest BCUT2D eigenvalue weighted by Crippen LogP contribution is 2.38. The summed E-state index contributed by atoms with van der Waals surface area (Å²) in [4.78, 5) is 24.2. The van der Waals surface area contributed by atoms with Crippen molar-refractivity contribution in [2.45, 2.75) is 5.92 Å². The molecule has 28 heavy (non-hydrogen) atoms. The monoisotopic (exact) mass is 385 g/mol. The molecule has 3 heterocycles. The number of aromatic amines is 2. The first kappa shape index (κ1) is 16.3. The molecule has 1 unspecified atom stereocenters. The normalized spacial score (nSPS) is 15.9. The highest BCUT2D eigenvalue weighted by molar-refractivity contribution is 7.13. The van der Waals surface area contributed by atoms with Crippen molar-refractivity contribution in [3.63, 3.8) is 0 Å². The number of fused-ring (bicyclic) bond motifs is 2. The zero-order valence-corrected chi connectivity index (χ0v) is 15.0. The molecule has 0 aliphatic heterocycles. The molecule has 5 rings (SSSR count). The Labute approximate surface area is 161 Å². The molecular weight excluding hydrogens is 374 g/mol. The van der Waals surface area contributed by atoms with Gasteiger partial charge in [0.25, 0.3) is 5.56 Å². The summed E-state index contributed by atoms with van der Waals surface area (Å²) in [6, 6.07) is 7.79. The lowest BCUT2D eigenvalue weighted by atomic mass is 9.81. The molecule has 1 aliphatic carbocycles. The number of hydrogen-bond acceptors (Lipinski definition) is 7. The number of thiazole rings is 1. The Balaban J connectivity index is 1.79. The number of hydrogen-bond donors (Lipinski definition) is 3. The predicted octanol–water partition coefficient (Wildman–Crippen LogP) is 2.57. The van der Waals surface area contributed by atoms with Crippen molar-refractivity contribution in [2.24, 2.45) is 0 Å². The van der Waals surface area contributed by atoms with E-state index in [4.69, 9.17) is 10.7 Å². The van der Waals surface area contributed by atoms with Gasteiger partial charge >= 0.3 is 0 Å². The van der Waals surface area contributed by atoms with Crippen molar-refractivity contribution >= 4 is 33.5 Å². The Hall–Kier alpha value is -3.90. The largest absolute Gasteiger partial charge is 0.313 e. The van der Waals surface area contributed by atoms with Crippen LogP contribution in [0, 0.1) is 16.7 Å². The van der Waals surface area contributed by atoms with Crippen molar-refractivity contribution < 1.29 is 0 Å². The highest BCUT2D eigenvalue weighted by atomic mass is 32.1. The highest BCUT2D eigenvalue weighted by Gasteiger charge is 2.32. The van der Waals surface area contributed by atoms with E-state index in [9.17, 15) is 4.79 Å². The first-order valence-corrected chi connectivity index (χ1v) is 9.16. The Morgan fingerprint density at radius 2 is 2.14 bits per heavy atom. The third-order valence-electron chi connectivity index (χ3n) is 4.72. The maximum atomic E-state index is 12.6. The number of allylic oxidation sites excluding steroid dienone is 1. The van der Waals surface area contributed by atoms with Gasteiger partial charge in [0.2, 0.25) is 0 Å². The molecule has 1 atom stereocenters. The number of nitrogens with zero attached hydrogens (tertiary/aromatic N) is 4. The van der Waals surface area contributed by atoms with Crippen LogP contribution in [0.2, 0.25) is 0 Å². The minimum Gasteiger partial charge on any atom is -0.313 e. The van der Waals surface area contributed by atoms with Crippen LogP contribution in [0.3, 0.4) is 0 Å². The predicted molar refractivity (Wildman–Crippen MR) is 104 cm³/mol. The minimum absolute atomic E-state index is 0.166. The van der Waals surface area contributed by atoms with Gasteiger partial charge < -0.3 is 10.4 Å². The second-order valence-corrected chi connectivity index (χ2v) is 7.28. The van der Waals surface area contributed by atoms with Crippen LogP contribution in [0.25, 0.3) is 16.5 Å². The van der Waals surface area contributed by atoms with Crippen LogP contribution < -0.4 is 5.56 Å². The average molecular weight is 385 g/mol. The standard InChI is InChI=1S/C19H11N7OS/c20-5-9-6-22-19(28-9)12-4-11(10-2-1-3-14-13(10)7-25-26-14)16(21)15-17(12)23-8-24-18(15)27/h1-4,6-8,11,21H,(H,25,26)(H,23,24,27). The van der Waals surface area contributed by atoms with Gasteiger partial charge in [0.15, 0.2) is 0 Å². The van der Waals surface area contributed by atoms with Crippen molar-refractivity contribution in [3.8, 4) is 6.07 Å². The van der Waals surface area contributed by atoms with Gasteiger partial charge in [0, 0.05) is 16.9 Å². The Morgan fingerprint density at radius 3 is 2.96 bits per heavy atom. The summed E-state index contributed by atoms with van der Waals surface area (Å²) in [6.07, 6.45) is 6.42. The molecule has 3 aromatic heterocycles. The van der Waals surface area contributed by atoms with Crippen LogP contribution in [0.4, 0.5) is 0 Å². The van der Waals surface area contributed by atoms with Crippen LogP contribution in [0.1, 0.15) is 32.6 Å². The van der Waals surface area contributed by atoms with Crippen molar-refractivity contribution in [1.29, 1.82) is 10.7 Å². The first-order chi connectivity index (χ1) is 13.7. The number of aromatic nitrogens is 5. The van der Waals surface area contributed by atoms with Gasteiger partial charge in [-0.25, -0.2) is 9.97 Å². The Morgan fingerprint density at radius 1 is 1.25 bits per heavy atom. The van der Waals surface area contributed by atoms with Crippen LogP contribution in [0.15, 0.2) is 47.8 Å². The summed E-state index contributed by atoms with van der Waals surface area (Å²) >= 11 is 1.23. The maximum Gasteiger partial charge on any atom is 0.260 e. The van der Waals surface area contributed by atoms with Gasteiger partial charge in [-0.1, -0.05) is 18.2 Å². The van der Waals surface area contributed by atoms with E-state index in [0.717, 1.165) is 16.5 Å². The summed E-state index contributed by atoms with van der Waals surface area (Å²) in [7, 11) is 0. The second kappa shape index (κ2) is 6.07.